The zero-order valence-electron chi connectivity index (χ0n) is 13.7. The number of methoxy groups -OCH3 is 1. The van der Waals surface area contributed by atoms with Gasteiger partial charge < -0.3 is 15.0 Å². The van der Waals surface area contributed by atoms with Crippen LogP contribution >= 0.6 is 0 Å². The molecule has 1 aliphatic heterocycles. The standard InChI is InChI=1S/C15H23FN4O3/c1-11(19-6-4-18(2)5-7-19)10-17-13-9-15(23-3)14(20(21)22)8-12(13)16/h8-9,11,17H,4-7,10H2,1-3H3/t11-/m0/s1. The van der Waals surface area contributed by atoms with E-state index in [1.165, 1.54) is 13.2 Å². The molecule has 0 aliphatic carbocycles. The number of ether oxygens (including phenoxy) is 1. The van der Waals surface area contributed by atoms with Gasteiger partial charge in [0.25, 0.3) is 0 Å². The predicted molar refractivity (Wildman–Crippen MR) is 86.6 cm³/mol. The van der Waals surface area contributed by atoms with Crippen LogP contribution in [-0.2, 0) is 0 Å². The van der Waals surface area contributed by atoms with Crippen molar-refractivity contribution >= 4 is 11.4 Å². The van der Waals surface area contributed by atoms with Crippen LogP contribution in [0.4, 0.5) is 15.8 Å². The van der Waals surface area contributed by atoms with Crippen molar-refractivity contribution in [3.05, 3.63) is 28.1 Å². The van der Waals surface area contributed by atoms with Gasteiger partial charge in [-0.15, -0.1) is 0 Å². The van der Waals surface area contributed by atoms with E-state index in [0.29, 0.717) is 6.54 Å². The van der Waals surface area contributed by atoms with Gasteiger partial charge in [0.2, 0.25) is 0 Å². The number of benzene rings is 1. The second kappa shape index (κ2) is 7.56. The van der Waals surface area contributed by atoms with Crippen LogP contribution in [0.2, 0.25) is 0 Å². The van der Waals surface area contributed by atoms with Gasteiger partial charge in [-0.25, -0.2) is 4.39 Å². The Morgan fingerprint density at radius 2 is 2.04 bits per heavy atom. The minimum Gasteiger partial charge on any atom is -0.490 e. The third kappa shape index (κ3) is 4.29. The zero-order valence-corrected chi connectivity index (χ0v) is 13.7. The van der Waals surface area contributed by atoms with Crippen LogP contribution in [-0.4, -0.2) is 67.6 Å². The van der Waals surface area contributed by atoms with Crippen molar-refractivity contribution in [2.45, 2.75) is 13.0 Å². The van der Waals surface area contributed by atoms with Crippen LogP contribution in [0.25, 0.3) is 0 Å². The lowest BCUT2D eigenvalue weighted by atomic mass is 10.2. The quantitative estimate of drug-likeness (QED) is 0.635. The number of nitro groups is 1. The smallest absolute Gasteiger partial charge is 0.313 e. The molecule has 1 aromatic carbocycles. The zero-order chi connectivity index (χ0) is 17.0. The Morgan fingerprint density at radius 3 is 2.61 bits per heavy atom. The van der Waals surface area contributed by atoms with Crippen LogP contribution in [0.15, 0.2) is 12.1 Å². The summed E-state index contributed by atoms with van der Waals surface area (Å²) in [6, 6.07) is 2.47. The molecule has 0 radical (unpaired) electrons. The van der Waals surface area contributed by atoms with Crippen LogP contribution in [0, 0.1) is 15.9 Å². The Bertz CT molecular complexity index is 562. The molecule has 1 fully saturated rings. The van der Waals surface area contributed by atoms with E-state index >= 15 is 0 Å². The lowest BCUT2D eigenvalue weighted by Crippen LogP contribution is -2.49. The summed E-state index contributed by atoms with van der Waals surface area (Å²) in [7, 11) is 3.43. The third-order valence-corrected chi connectivity index (χ3v) is 4.21. The van der Waals surface area contributed by atoms with Crippen LogP contribution in [0.1, 0.15) is 6.92 Å². The fourth-order valence-corrected chi connectivity index (χ4v) is 2.63. The summed E-state index contributed by atoms with van der Waals surface area (Å²) < 4.78 is 19.0. The molecule has 1 aromatic rings. The van der Waals surface area contributed by atoms with Crippen molar-refractivity contribution < 1.29 is 14.1 Å². The monoisotopic (exact) mass is 326 g/mol. The first kappa shape index (κ1) is 17.4. The summed E-state index contributed by atoms with van der Waals surface area (Å²) in [5, 5.41) is 13.9. The third-order valence-electron chi connectivity index (χ3n) is 4.21. The summed E-state index contributed by atoms with van der Waals surface area (Å²) in [5.41, 5.74) is -0.156. The number of piperazine rings is 1. The number of hydrogen-bond donors (Lipinski definition) is 1. The van der Waals surface area contributed by atoms with Crippen LogP contribution in [0.3, 0.4) is 0 Å². The van der Waals surface area contributed by atoms with Crippen molar-refractivity contribution in [3.8, 4) is 5.75 Å². The van der Waals surface area contributed by atoms with Gasteiger partial charge in [-0.1, -0.05) is 0 Å². The van der Waals surface area contributed by atoms with Gasteiger partial charge in [0.1, 0.15) is 0 Å². The molecule has 128 valence electrons. The molecule has 1 aliphatic rings. The van der Waals surface area contributed by atoms with Crippen molar-refractivity contribution in [1.29, 1.82) is 0 Å². The molecule has 0 spiro atoms. The van der Waals surface area contributed by atoms with E-state index in [-0.39, 0.29) is 23.2 Å². The lowest BCUT2D eigenvalue weighted by molar-refractivity contribution is -0.385. The van der Waals surface area contributed by atoms with Gasteiger partial charge in [-0.2, -0.15) is 0 Å². The summed E-state index contributed by atoms with van der Waals surface area (Å²) in [5.74, 6) is -0.603. The Hall–Kier alpha value is -1.93. The number of nitro benzene ring substituents is 1. The molecule has 0 amide bonds. The SMILES string of the molecule is COc1cc(NC[C@H](C)N2CCN(C)CC2)c(F)cc1[N+](=O)[O-]. The van der Waals surface area contributed by atoms with Crippen LogP contribution < -0.4 is 10.1 Å². The van der Waals surface area contributed by atoms with Crippen molar-refractivity contribution in [1.82, 2.24) is 9.80 Å². The number of hydrogen-bond acceptors (Lipinski definition) is 6. The van der Waals surface area contributed by atoms with Gasteiger partial charge >= 0.3 is 5.69 Å². The molecule has 1 saturated heterocycles. The van der Waals surface area contributed by atoms with E-state index in [9.17, 15) is 14.5 Å². The van der Waals surface area contributed by atoms with E-state index in [1.54, 1.807) is 0 Å². The Morgan fingerprint density at radius 1 is 1.39 bits per heavy atom. The van der Waals surface area contributed by atoms with Crippen molar-refractivity contribution in [2.75, 3.05) is 52.2 Å². The van der Waals surface area contributed by atoms with Gasteiger partial charge in [-0.05, 0) is 14.0 Å². The minimum atomic E-state index is -0.654. The van der Waals surface area contributed by atoms with E-state index in [2.05, 4.69) is 29.1 Å². The molecule has 0 unspecified atom stereocenters. The maximum Gasteiger partial charge on any atom is 0.313 e. The lowest BCUT2D eigenvalue weighted by Gasteiger charge is -2.36. The normalized spacial score (nSPS) is 17.7. The van der Waals surface area contributed by atoms with E-state index in [0.717, 1.165) is 32.2 Å². The largest absolute Gasteiger partial charge is 0.490 e. The van der Waals surface area contributed by atoms with Crippen LogP contribution in [0.5, 0.6) is 5.75 Å². The number of nitrogens with one attached hydrogen (secondary N) is 1. The maximum absolute atomic E-state index is 14.0. The van der Waals surface area contributed by atoms with Gasteiger partial charge in [0, 0.05) is 44.8 Å². The Labute approximate surface area is 135 Å². The topological polar surface area (TPSA) is 70.9 Å². The molecule has 23 heavy (non-hydrogen) atoms. The summed E-state index contributed by atoms with van der Waals surface area (Å²) in [6.07, 6.45) is 0. The highest BCUT2D eigenvalue weighted by Gasteiger charge is 2.21. The maximum atomic E-state index is 14.0. The summed E-state index contributed by atoms with van der Waals surface area (Å²) in [4.78, 5) is 14.8. The highest BCUT2D eigenvalue weighted by atomic mass is 19.1. The van der Waals surface area contributed by atoms with Gasteiger partial charge in [-0.3, -0.25) is 15.0 Å². The number of rotatable bonds is 6. The molecular weight excluding hydrogens is 303 g/mol. The molecule has 0 saturated carbocycles. The summed E-state index contributed by atoms with van der Waals surface area (Å²) >= 11 is 0. The number of nitrogens with zero attached hydrogens (tertiary/aromatic N) is 3. The highest BCUT2D eigenvalue weighted by Crippen LogP contribution is 2.32. The average Bonchev–Trinajstić information content (AvgIpc) is 2.53. The van der Waals surface area contributed by atoms with E-state index in [4.69, 9.17) is 4.74 Å². The fourth-order valence-electron chi connectivity index (χ4n) is 2.63. The first-order valence-corrected chi connectivity index (χ1v) is 7.60. The summed E-state index contributed by atoms with van der Waals surface area (Å²) in [6.45, 7) is 6.63. The predicted octanol–water partition coefficient (Wildman–Crippen LogP) is 1.79. The van der Waals surface area contributed by atoms with E-state index < -0.39 is 10.7 Å². The molecule has 7 nitrogen and oxygen atoms in total. The highest BCUT2D eigenvalue weighted by molar-refractivity contribution is 5.59. The number of anilines is 1. The van der Waals surface area contributed by atoms with E-state index in [1.807, 2.05) is 0 Å². The molecule has 1 atom stereocenters. The minimum absolute atomic E-state index is 0.0474. The first-order chi connectivity index (χ1) is 10.9. The second-order valence-electron chi connectivity index (χ2n) is 5.83. The molecule has 0 aromatic heterocycles. The van der Waals surface area contributed by atoms with Crippen molar-refractivity contribution in [2.24, 2.45) is 0 Å². The fraction of sp³-hybridized carbons (Fsp3) is 0.600. The number of likely N-dealkylation sites (N-methyl/N-ethyl adjacent to an activating group) is 1. The Balaban J connectivity index is 2.01. The Kier molecular flexibility index (Phi) is 5.73. The van der Waals surface area contributed by atoms with Crippen molar-refractivity contribution in [3.63, 3.8) is 0 Å². The molecule has 1 heterocycles. The molecular formula is C15H23FN4O3. The second-order valence-corrected chi connectivity index (χ2v) is 5.83. The first-order valence-electron chi connectivity index (χ1n) is 7.60. The average molecular weight is 326 g/mol. The molecule has 8 heteroatoms. The van der Waals surface area contributed by atoms with Gasteiger partial charge in [0.05, 0.1) is 23.8 Å². The molecule has 2 rings (SSSR count). The molecule has 1 N–H and O–H groups in total. The van der Waals surface area contributed by atoms with Gasteiger partial charge in [0.15, 0.2) is 11.6 Å². The molecule has 0 bridgehead atoms. The number of halogens is 1.